The molecule has 0 saturated carbocycles. The predicted molar refractivity (Wildman–Crippen MR) is 112 cm³/mol. The van der Waals surface area contributed by atoms with Crippen LogP contribution in [0.25, 0.3) is 17.0 Å². The summed E-state index contributed by atoms with van der Waals surface area (Å²) in [4.78, 5) is 27.1. The van der Waals surface area contributed by atoms with Gasteiger partial charge >= 0.3 is 5.97 Å². The third-order valence-corrected chi connectivity index (χ3v) is 5.00. The molecule has 2 aliphatic heterocycles. The molecule has 30 heavy (non-hydrogen) atoms. The summed E-state index contributed by atoms with van der Waals surface area (Å²) in [6.07, 6.45) is 0.0183. The second-order valence-electron chi connectivity index (χ2n) is 8.35. The van der Waals surface area contributed by atoms with Crippen molar-refractivity contribution in [1.29, 1.82) is 0 Å². The quantitative estimate of drug-likeness (QED) is 0.739. The molecule has 0 amide bonds. The topological polar surface area (TPSA) is 98.8 Å². The maximum atomic E-state index is 12.5. The van der Waals surface area contributed by atoms with Crippen LogP contribution < -0.4 is 5.48 Å². The Labute approximate surface area is 179 Å². The van der Waals surface area contributed by atoms with E-state index in [9.17, 15) is 4.79 Å². The van der Waals surface area contributed by atoms with E-state index >= 15 is 0 Å². The Hall–Kier alpha value is -2.71. The second kappa shape index (κ2) is 7.52. The van der Waals surface area contributed by atoms with Gasteiger partial charge < -0.3 is 14.1 Å². The van der Waals surface area contributed by atoms with Gasteiger partial charge in [-0.1, -0.05) is 22.8 Å². The number of hydrogen-bond donors (Lipinski definition) is 1. The number of hydrogen-bond acceptors (Lipinski definition) is 8. The van der Waals surface area contributed by atoms with Crippen molar-refractivity contribution in [2.45, 2.75) is 58.7 Å². The average molecular weight is 431 g/mol. The Morgan fingerprint density at radius 3 is 2.73 bits per heavy atom. The van der Waals surface area contributed by atoms with E-state index in [1.165, 1.54) is 0 Å². The smallest absolute Gasteiger partial charge is 0.308 e. The number of benzene rings is 1. The highest BCUT2D eigenvalue weighted by molar-refractivity contribution is 6.70. The first-order chi connectivity index (χ1) is 14.1. The van der Waals surface area contributed by atoms with Crippen molar-refractivity contribution >= 4 is 28.3 Å². The van der Waals surface area contributed by atoms with Gasteiger partial charge in [-0.25, -0.2) is 0 Å². The van der Waals surface area contributed by atoms with Crippen molar-refractivity contribution in [3.05, 3.63) is 40.9 Å². The number of carbonyl (C=O) groups is 1. The molecule has 1 aromatic carbocycles. The summed E-state index contributed by atoms with van der Waals surface area (Å²) in [5.41, 5.74) is 5.61. The number of aryl methyl sites for hydroxylation is 1. The number of rotatable bonds is 3. The van der Waals surface area contributed by atoms with Crippen LogP contribution in [0.15, 0.2) is 33.5 Å². The highest BCUT2D eigenvalue weighted by Crippen LogP contribution is 2.38. The van der Waals surface area contributed by atoms with Crippen molar-refractivity contribution in [2.75, 3.05) is 0 Å². The van der Waals surface area contributed by atoms with Gasteiger partial charge in [0.15, 0.2) is 11.6 Å². The van der Waals surface area contributed by atoms with Crippen LogP contribution in [0, 0.1) is 6.92 Å². The summed E-state index contributed by atoms with van der Waals surface area (Å²) in [6, 6.07) is 4.98. The molecule has 0 aliphatic carbocycles. The highest BCUT2D eigenvalue weighted by atomic mass is 35.5. The normalized spacial score (nSPS) is 20.8. The van der Waals surface area contributed by atoms with Crippen LogP contribution in [0.5, 0.6) is 0 Å². The minimum absolute atomic E-state index is 0.0183. The van der Waals surface area contributed by atoms with E-state index in [1.807, 2.05) is 45.9 Å². The van der Waals surface area contributed by atoms with Gasteiger partial charge in [0.05, 0.1) is 12.5 Å². The van der Waals surface area contributed by atoms with E-state index in [1.54, 1.807) is 6.92 Å². The van der Waals surface area contributed by atoms with Crippen LogP contribution in [0.2, 0.25) is 0 Å². The molecule has 4 rings (SSSR count). The van der Waals surface area contributed by atoms with Crippen molar-refractivity contribution in [3.8, 4) is 11.5 Å². The van der Waals surface area contributed by atoms with Crippen LogP contribution in [-0.4, -0.2) is 39.0 Å². The molecule has 0 bridgehead atoms. The molecule has 9 heteroatoms. The van der Waals surface area contributed by atoms with Crippen LogP contribution >= 0.6 is 11.6 Å². The first-order valence-corrected chi connectivity index (χ1v) is 10.1. The van der Waals surface area contributed by atoms with Gasteiger partial charge in [-0.15, -0.1) is 5.48 Å². The Balaban J connectivity index is 1.76. The fraction of sp³-hybridized carbons (Fsp3) is 0.429. The van der Waals surface area contributed by atoms with Crippen LogP contribution in [0.1, 0.15) is 51.1 Å². The molecule has 2 atom stereocenters. The molecule has 0 fully saturated rings. The number of halogens is 1. The molecule has 1 N–H and O–H groups in total. The number of hydroxylamine groups is 1. The van der Waals surface area contributed by atoms with Crippen molar-refractivity contribution in [1.82, 2.24) is 15.6 Å². The van der Waals surface area contributed by atoms with E-state index in [-0.39, 0.29) is 23.6 Å². The molecule has 2 aliphatic rings. The van der Waals surface area contributed by atoms with E-state index in [2.05, 4.69) is 20.6 Å². The van der Waals surface area contributed by atoms with Crippen molar-refractivity contribution < 1.29 is 18.9 Å². The van der Waals surface area contributed by atoms with Gasteiger partial charge in [0.2, 0.25) is 0 Å². The van der Waals surface area contributed by atoms with Gasteiger partial charge in [0.25, 0.3) is 5.89 Å². The molecule has 1 aromatic heterocycles. The first-order valence-electron chi connectivity index (χ1n) is 9.69. The molecule has 8 nitrogen and oxygen atoms in total. The summed E-state index contributed by atoms with van der Waals surface area (Å²) < 4.78 is 10.8. The molecule has 0 radical (unpaired) electrons. The zero-order valence-corrected chi connectivity index (χ0v) is 18.2. The summed E-state index contributed by atoms with van der Waals surface area (Å²) in [5.74, 6) is 1.15. The van der Waals surface area contributed by atoms with E-state index in [0.717, 1.165) is 16.7 Å². The molecular formula is C21H23ClN4O4. The molecular weight excluding hydrogens is 408 g/mol. The molecule has 0 saturated heterocycles. The SMILES string of the molecule is Cc1noc(-c2ccc3c(c2)C(Cl)=N[C@@H](CC(=O)OC(C)(C)C)C2=C3C(C)NO2)n1. The summed E-state index contributed by atoms with van der Waals surface area (Å²) >= 11 is 6.62. The fourth-order valence-corrected chi connectivity index (χ4v) is 3.81. The molecule has 3 heterocycles. The first kappa shape index (κ1) is 20.6. The maximum Gasteiger partial charge on any atom is 0.308 e. The van der Waals surface area contributed by atoms with Crippen LogP contribution in [0.3, 0.4) is 0 Å². The third kappa shape index (κ3) is 3.97. The lowest BCUT2D eigenvalue weighted by molar-refractivity contribution is -0.155. The summed E-state index contributed by atoms with van der Waals surface area (Å²) in [7, 11) is 0. The number of nitrogens with one attached hydrogen (secondary N) is 1. The minimum Gasteiger partial charge on any atom is -0.460 e. The van der Waals surface area contributed by atoms with Gasteiger partial charge in [-0.3, -0.25) is 9.79 Å². The standard InChI is InChI=1S/C21H23ClN4O4/c1-10-17-13-7-6-12(20-23-11(2)26-30-20)8-14(13)19(22)24-15(18(17)29-25-10)9-16(27)28-21(3,4)5/h6-8,10,15,25H,9H2,1-5H3/t10?,15-/m0/s1. The number of ether oxygens (including phenoxy) is 1. The van der Waals surface area contributed by atoms with Crippen molar-refractivity contribution in [2.24, 2.45) is 4.99 Å². The Morgan fingerprint density at radius 1 is 1.30 bits per heavy atom. The minimum atomic E-state index is -0.596. The Bertz CT molecular complexity index is 1070. The van der Waals surface area contributed by atoms with Gasteiger partial charge in [-0.05, 0) is 52.3 Å². The van der Waals surface area contributed by atoms with E-state index in [0.29, 0.717) is 23.0 Å². The van der Waals surface area contributed by atoms with Crippen molar-refractivity contribution in [3.63, 3.8) is 0 Å². The fourth-order valence-electron chi connectivity index (χ4n) is 3.53. The monoisotopic (exact) mass is 430 g/mol. The maximum absolute atomic E-state index is 12.5. The number of aliphatic imine (C=N–C) groups is 1. The number of aromatic nitrogens is 2. The lowest BCUT2D eigenvalue weighted by Crippen LogP contribution is -2.27. The average Bonchev–Trinajstić information content (AvgIpc) is 3.22. The largest absolute Gasteiger partial charge is 0.460 e. The number of carbonyl (C=O) groups excluding carboxylic acids is 1. The van der Waals surface area contributed by atoms with Crippen LogP contribution in [-0.2, 0) is 14.4 Å². The van der Waals surface area contributed by atoms with E-state index in [4.69, 9.17) is 25.7 Å². The Morgan fingerprint density at radius 2 is 2.07 bits per heavy atom. The zero-order valence-electron chi connectivity index (χ0n) is 17.4. The van der Waals surface area contributed by atoms with Crippen LogP contribution in [0.4, 0.5) is 0 Å². The zero-order chi connectivity index (χ0) is 21.6. The molecule has 2 aromatic rings. The Kier molecular flexibility index (Phi) is 5.15. The van der Waals surface area contributed by atoms with Gasteiger partial charge in [0, 0.05) is 16.7 Å². The molecule has 1 unspecified atom stereocenters. The lowest BCUT2D eigenvalue weighted by atomic mass is 9.92. The third-order valence-electron chi connectivity index (χ3n) is 4.70. The van der Waals surface area contributed by atoms with Gasteiger partial charge in [0.1, 0.15) is 16.8 Å². The summed E-state index contributed by atoms with van der Waals surface area (Å²) in [5, 5.41) is 4.12. The number of nitrogens with zero attached hydrogens (tertiary/aromatic N) is 3. The van der Waals surface area contributed by atoms with E-state index < -0.39 is 11.6 Å². The second-order valence-corrected chi connectivity index (χ2v) is 8.71. The molecule has 0 spiro atoms. The summed E-state index contributed by atoms with van der Waals surface area (Å²) in [6.45, 7) is 9.21. The number of fused-ring (bicyclic) bond motifs is 2. The van der Waals surface area contributed by atoms with Gasteiger partial charge in [-0.2, -0.15) is 4.98 Å². The molecule has 158 valence electrons. The lowest BCUT2D eigenvalue weighted by Gasteiger charge is -2.21. The number of esters is 1. The predicted octanol–water partition coefficient (Wildman–Crippen LogP) is 3.78. The highest BCUT2D eigenvalue weighted by Gasteiger charge is 2.37.